The summed E-state index contributed by atoms with van der Waals surface area (Å²) in [6.07, 6.45) is 14.4. The van der Waals surface area contributed by atoms with Gasteiger partial charge in [-0.1, -0.05) is 64.7 Å². The highest BCUT2D eigenvalue weighted by Crippen LogP contribution is 2.18. The molecule has 1 atom stereocenters. The van der Waals surface area contributed by atoms with E-state index >= 15 is 0 Å². The fraction of sp³-hybridized carbons (Fsp3) is 1.00. The second-order valence-corrected chi connectivity index (χ2v) is 6.04. The van der Waals surface area contributed by atoms with Gasteiger partial charge in [0.15, 0.2) is 0 Å². The third-order valence-corrected chi connectivity index (χ3v) is 3.97. The molecule has 0 aliphatic carbocycles. The number of aliphatic hydroxyl groups is 1. The molecule has 1 unspecified atom stereocenters. The summed E-state index contributed by atoms with van der Waals surface area (Å²) < 4.78 is 0. The van der Waals surface area contributed by atoms with Gasteiger partial charge in [0.05, 0.1) is 0 Å². The van der Waals surface area contributed by atoms with Gasteiger partial charge in [-0.3, -0.25) is 4.90 Å². The second kappa shape index (κ2) is 13.2. The molecule has 0 fully saturated rings. The van der Waals surface area contributed by atoms with Gasteiger partial charge < -0.3 is 5.11 Å². The molecule has 0 bridgehead atoms. The summed E-state index contributed by atoms with van der Waals surface area (Å²) in [5.74, 6) is 0. The van der Waals surface area contributed by atoms with Crippen LogP contribution in [0.5, 0.6) is 0 Å². The summed E-state index contributed by atoms with van der Waals surface area (Å²) >= 11 is 0. The molecule has 2 nitrogen and oxygen atoms in total. The average Bonchev–Trinajstić information content (AvgIpc) is 2.31. The van der Waals surface area contributed by atoms with Gasteiger partial charge in [0.1, 0.15) is 5.72 Å². The van der Waals surface area contributed by atoms with Crippen molar-refractivity contribution in [2.45, 2.75) is 90.2 Å². The van der Waals surface area contributed by atoms with Crippen LogP contribution in [0.25, 0.3) is 0 Å². The van der Waals surface area contributed by atoms with Crippen molar-refractivity contribution in [3.63, 3.8) is 0 Å². The lowest BCUT2D eigenvalue weighted by atomic mass is 10.0. The van der Waals surface area contributed by atoms with Gasteiger partial charge in [-0.15, -0.1) is 12.4 Å². The quantitative estimate of drug-likeness (QED) is 0.405. The van der Waals surface area contributed by atoms with Crippen LogP contribution in [0.2, 0.25) is 0 Å². The van der Waals surface area contributed by atoms with Crippen LogP contribution in [0.1, 0.15) is 84.5 Å². The zero-order valence-electron chi connectivity index (χ0n) is 13.6. The highest BCUT2D eigenvalue weighted by Gasteiger charge is 2.21. The summed E-state index contributed by atoms with van der Waals surface area (Å²) in [7, 11) is 3.88. The first kappa shape index (κ1) is 21.5. The number of hydrogen-bond acceptors (Lipinski definition) is 2. The molecule has 1 N–H and O–H groups in total. The molecule has 0 saturated carbocycles. The zero-order chi connectivity index (χ0) is 13.9. The average molecular weight is 294 g/mol. The maximum Gasteiger partial charge on any atom is 0.115 e. The molecule has 0 aliphatic heterocycles. The van der Waals surface area contributed by atoms with E-state index in [-0.39, 0.29) is 12.4 Å². The maximum atomic E-state index is 10.0. The topological polar surface area (TPSA) is 23.5 Å². The third-order valence-electron chi connectivity index (χ3n) is 3.97. The minimum Gasteiger partial charge on any atom is -0.376 e. The zero-order valence-corrected chi connectivity index (χ0v) is 14.4. The standard InChI is InChI=1S/C16H35NO.ClH/c1-5-6-7-8-9-10-11-12-13-14-15-16(2,18)17(3)4;/h18H,5-15H2,1-4H3;1H. The van der Waals surface area contributed by atoms with Crippen molar-refractivity contribution >= 4 is 12.4 Å². The Balaban J connectivity index is 0. The first-order chi connectivity index (χ1) is 8.50. The molecule has 0 heterocycles. The van der Waals surface area contributed by atoms with E-state index in [1.54, 1.807) is 0 Å². The van der Waals surface area contributed by atoms with Crippen LogP contribution in [-0.2, 0) is 0 Å². The van der Waals surface area contributed by atoms with Crippen LogP contribution in [0.3, 0.4) is 0 Å². The largest absolute Gasteiger partial charge is 0.376 e. The minimum absolute atomic E-state index is 0. The Kier molecular flexibility index (Phi) is 14.9. The van der Waals surface area contributed by atoms with Crippen molar-refractivity contribution in [2.75, 3.05) is 14.1 Å². The van der Waals surface area contributed by atoms with Crippen molar-refractivity contribution in [3.05, 3.63) is 0 Å². The Morgan fingerprint density at radius 1 is 0.789 bits per heavy atom. The van der Waals surface area contributed by atoms with Crippen LogP contribution in [0.15, 0.2) is 0 Å². The molecular formula is C16H36ClNO. The van der Waals surface area contributed by atoms with Crippen LogP contribution in [0, 0.1) is 0 Å². The monoisotopic (exact) mass is 293 g/mol. The van der Waals surface area contributed by atoms with Crippen LogP contribution >= 0.6 is 12.4 Å². The highest BCUT2D eigenvalue weighted by molar-refractivity contribution is 5.85. The lowest BCUT2D eigenvalue weighted by Gasteiger charge is -2.30. The number of nitrogens with zero attached hydrogens (tertiary/aromatic N) is 1. The van der Waals surface area contributed by atoms with E-state index in [9.17, 15) is 5.11 Å². The second-order valence-electron chi connectivity index (χ2n) is 6.04. The number of hydrogen-bond donors (Lipinski definition) is 1. The lowest BCUT2D eigenvalue weighted by molar-refractivity contribution is -0.0734. The SMILES string of the molecule is CCCCCCCCCCCCC(C)(O)N(C)C.Cl. The van der Waals surface area contributed by atoms with Gasteiger partial charge in [0.25, 0.3) is 0 Å². The molecule has 0 saturated heterocycles. The fourth-order valence-corrected chi connectivity index (χ4v) is 2.17. The minimum atomic E-state index is -0.625. The number of halogens is 1. The third kappa shape index (κ3) is 13.0. The lowest BCUT2D eigenvalue weighted by Crippen LogP contribution is -2.40. The Hall–Kier alpha value is 0.210. The van der Waals surface area contributed by atoms with Crippen molar-refractivity contribution in [1.29, 1.82) is 0 Å². The van der Waals surface area contributed by atoms with E-state index in [2.05, 4.69) is 6.92 Å². The van der Waals surface area contributed by atoms with Gasteiger partial charge in [-0.05, 0) is 33.9 Å². The molecule has 0 spiro atoms. The van der Waals surface area contributed by atoms with Gasteiger partial charge in [-0.2, -0.15) is 0 Å². The van der Waals surface area contributed by atoms with E-state index in [4.69, 9.17) is 0 Å². The predicted molar refractivity (Wildman–Crippen MR) is 88.0 cm³/mol. The molecular weight excluding hydrogens is 258 g/mol. The fourth-order valence-electron chi connectivity index (χ4n) is 2.17. The van der Waals surface area contributed by atoms with Crippen LogP contribution < -0.4 is 0 Å². The smallest absolute Gasteiger partial charge is 0.115 e. The molecule has 0 aliphatic rings. The molecule has 0 aromatic carbocycles. The summed E-state index contributed by atoms with van der Waals surface area (Å²) in [6, 6.07) is 0. The summed E-state index contributed by atoms with van der Waals surface area (Å²) in [4.78, 5) is 1.90. The molecule has 0 aromatic heterocycles. The molecule has 0 radical (unpaired) electrons. The van der Waals surface area contributed by atoms with Crippen molar-refractivity contribution in [1.82, 2.24) is 4.90 Å². The highest BCUT2D eigenvalue weighted by atomic mass is 35.5. The van der Waals surface area contributed by atoms with Gasteiger partial charge >= 0.3 is 0 Å². The first-order valence-electron chi connectivity index (χ1n) is 7.90. The van der Waals surface area contributed by atoms with Crippen molar-refractivity contribution in [3.8, 4) is 0 Å². The van der Waals surface area contributed by atoms with E-state index in [0.29, 0.717) is 0 Å². The maximum absolute atomic E-state index is 10.0. The molecule has 118 valence electrons. The van der Waals surface area contributed by atoms with E-state index < -0.39 is 5.72 Å². The predicted octanol–water partition coefficient (Wildman–Crippen LogP) is 4.99. The van der Waals surface area contributed by atoms with E-state index in [1.165, 1.54) is 57.8 Å². The Morgan fingerprint density at radius 3 is 1.53 bits per heavy atom. The van der Waals surface area contributed by atoms with Crippen molar-refractivity contribution < 1.29 is 5.11 Å². The Labute approximate surface area is 127 Å². The van der Waals surface area contributed by atoms with Gasteiger partial charge in [-0.25, -0.2) is 0 Å². The van der Waals surface area contributed by atoms with E-state index in [0.717, 1.165) is 12.8 Å². The molecule has 0 rings (SSSR count). The van der Waals surface area contributed by atoms with E-state index in [1.807, 2.05) is 25.9 Å². The van der Waals surface area contributed by atoms with Crippen LogP contribution in [-0.4, -0.2) is 29.8 Å². The Morgan fingerprint density at radius 2 is 1.16 bits per heavy atom. The van der Waals surface area contributed by atoms with Gasteiger partial charge in [0.2, 0.25) is 0 Å². The Bertz CT molecular complexity index is 184. The summed E-state index contributed by atoms with van der Waals surface area (Å²) in [6.45, 7) is 4.17. The summed E-state index contributed by atoms with van der Waals surface area (Å²) in [5.41, 5.74) is -0.625. The molecule has 0 amide bonds. The van der Waals surface area contributed by atoms with Crippen LogP contribution in [0.4, 0.5) is 0 Å². The first-order valence-corrected chi connectivity index (χ1v) is 7.90. The number of unbranched alkanes of at least 4 members (excludes halogenated alkanes) is 9. The normalized spacial score (nSPS) is 14.2. The van der Waals surface area contributed by atoms with Gasteiger partial charge in [0, 0.05) is 0 Å². The number of rotatable bonds is 12. The van der Waals surface area contributed by atoms with Crippen molar-refractivity contribution in [2.24, 2.45) is 0 Å². The molecule has 0 aromatic rings. The molecule has 19 heavy (non-hydrogen) atoms. The summed E-state index contributed by atoms with van der Waals surface area (Å²) in [5, 5.41) is 10.0. The molecule has 3 heteroatoms.